The molecule has 0 spiro atoms. The summed E-state index contributed by atoms with van der Waals surface area (Å²) < 4.78 is 64.8. The average molecular weight is 471 g/mol. The fourth-order valence-electron chi connectivity index (χ4n) is 3.69. The number of nitrogens with one attached hydrogen (secondary N) is 1. The number of alkyl halides is 3. The van der Waals surface area contributed by atoms with Gasteiger partial charge in [-0.25, -0.2) is 4.39 Å². The highest BCUT2D eigenvalue weighted by Gasteiger charge is 2.42. The molecule has 1 N–H and O–H groups in total. The van der Waals surface area contributed by atoms with Crippen LogP contribution in [-0.2, 0) is 22.4 Å². The Kier molecular flexibility index (Phi) is 8.06. The highest BCUT2D eigenvalue weighted by molar-refractivity contribution is 5.81. The van der Waals surface area contributed by atoms with Crippen molar-refractivity contribution in [3.05, 3.63) is 54.5 Å². The van der Waals surface area contributed by atoms with E-state index < -0.39 is 18.6 Å². The maximum atomic E-state index is 13.2. The standard InChI is InChI=1S/C20H21F4N3O4.C2H4/c21-13-4-6-15-11(8-13)3-5-16(29-15)18(28)25-7-1-2-17-26-27-19(30-17)12-9-14(10-12)31-20(22,23)24;1-2/h4,6,8,12,14,16H,1-3,5,7,9-10H2,(H,25,28);1-2H2. The smallest absolute Gasteiger partial charge is 0.480 e. The van der Waals surface area contributed by atoms with Crippen molar-refractivity contribution in [3.8, 4) is 5.75 Å². The second-order valence-electron chi connectivity index (χ2n) is 7.68. The van der Waals surface area contributed by atoms with Crippen LogP contribution in [0.5, 0.6) is 5.75 Å². The van der Waals surface area contributed by atoms with Crippen molar-refractivity contribution in [3.63, 3.8) is 0 Å². The van der Waals surface area contributed by atoms with Crippen molar-refractivity contribution in [2.75, 3.05) is 6.54 Å². The van der Waals surface area contributed by atoms with Crippen LogP contribution < -0.4 is 10.1 Å². The third-order valence-electron chi connectivity index (χ3n) is 5.35. The summed E-state index contributed by atoms with van der Waals surface area (Å²) in [5, 5.41) is 10.6. The average Bonchev–Trinajstić information content (AvgIpc) is 3.22. The molecule has 2 aliphatic rings. The SMILES string of the molecule is C=C.O=C(NCCCc1nnc(C2CC(OC(F)(F)F)C2)o1)C1CCc2cc(F)ccc2O1. The molecule has 1 unspecified atom stereocenters. The van der Waals surface area contributed by atoms with Gasteiger partial charge >= 0.3 is 6.36 Å². The summed E-state index contributed by atoms with van der Waals surface area (Å²) in [4.78, 5) is 12.3. The van der Waals surface area contributed by atoms with Crippen LogP contribution in [0.15, 0.2) is 35.8 Å². The van der Waals surface area contributed by atoms with E-state index >= 15 is 0 Å². The molecule has 1 fully saturated rings. The molecule has 7 nitrogen and oxygen atoms in total. The van der Waals surface area contributed by atoms with Gasteiger partial charge in [-0.1, -0.05) is 0 Å². The largest absolute Gasteiger partial charge is 0.522 e. The molecule has 2 aromatic rings. The summed E-state index contributed by atoms with van der Waals surface area (Å²) in [6, 6.07) is 4.23. The molecule has 11 heteroatoms. The van der Waals surface area contributed by atoms with Crippen molar-refractivity contribution < 1.29 is 36.2 Å². The van der Waals surface area contributed by atoms with E-state index in [0.29, 0.717) is 49.8 Å². The molecule has 2 heterocycles. The van der Waals surface area contributed by atoms with Crippen LogP contribution in [0.3, 0.4) is 0 Å². The van der Waals surface area contributed by atoms with Gasteiger partial charge in [-0.15, -0.1) is 36.5 Å². The number of aromatic nitrogens is 2. The lowest BCUT2D eigenvalue weighted by Crippen LogP contribution is -2.40. The van der Waals surface area contributed by atoms with Crippen LogP contribution in [-0.4, -0.2) is 41.2 Å². The van der Waals surface area contributed by atoms with Gasteiger partial charge in [0, 0.05) is 18.9 Å². The molecule has 1 atom stereocenters. The van der Waals surface area contributed by atoms with Gasteiger partial charge in [-0.2, -0.15) is 0 Å². The number of nitrogens with zero attached hydrogens (tertiary/aromatic N) is 2. The van der Waals surface area contributed by atoms with Gasteiger partial charge in [0.1, 0.15) is 11.6 Å². The fourth-order valence-corrected chi connectivity index (χ4v) is 3.69. The quantitative estimate of drug-likeness (QED) is 0.369. The summed E-state index contributed by atoms with van der Waals surface area (Å²) in [7, 11) is 0. The first-order valence-corrected chi connectivity index (χ1v) is 10.6. The third kappa shape index (κ3) is 6.77. The van der Waals surface area contributed by atoms with Crippen LogP contribution in [0.1, 0.15) is 48.9 Å². The van der Waals surface area contributed by atoms with E-state index in [4.69, 9.17) is 9.15 Å². The number of benzene rings is 1. The summed E-state index contributed by atoms with van der Waals surface area (Å²) >= 11 is 0. The van der Waals surface area contributed by atoms with Crippen LogP contribution in [0.25, 0.3) is 0 Å². The number of carbonyl (C=O) groups excluding carboxylic acids is 1. The molecule has 0 radical (unpaired) electrons. The molecule has 33 heavy (non-hydrogen) atoms. The topological polar surface area (TPSA) is 86.5 Å². The molecular formula is C22H25F4N3O4. The molecular weight excluding hydrogens is 446 g/mol. The maximum absolute atomic E-state index is 13.2. The van der Waals surface area contributed by atoms with Gasteiger partial charge in [-0.05, 0) is 55.9 Å². The first kappa shape index (κ1) is 24.7. The summed E-state index contributed by atoms with van der Waals surface area (Å²) in [5.41, 5.74) is 0.749. The van der Waals surface area contributed by atoms with Gasteiger partial charge in [-0.3, -0.25) is 9.53 Å². The Morgan fingerprint density at radius 3 is 2.73 bits per heavy atom. The Bertz CT molecular complexity index is 944. The lowest BCUT2D eigenvalue weighted by Gasteiger charge is -2.32. The Morgan fingerprint density at radius 2 is 2.00 bits per heavy atom. The Labute approximate surface area is 188 Å². The minimum Gasteiger partial charge on any atom is -0.480 e. The van der Waals surface area contributed by atoms with Crippen LogP contribution in [0.2, 0.25) is 0 Å². The number of amides is 1. The second kappa shape index (κ2) is 10.8. The number of carbonyl (C=O) groups is 1. The lowest BCUT2D eigenvalue weighted by molar-refractivity contribution is -0.352. The molecule has 1 saturated carbocycles. The number of hydrogen-bond donors (Lipinski definition) is 1. The van der Waals surface area contributed by atoms with E-state index in [2.05, 4.69) is 33.4 Å². The summed E-state index contributed by atoms with van der Waals surface area (Å²) in [5.74, 6) is 0.395. The van der Waals surface area contributed by atoms with Gasteiger partial charge in [0.05, 0.1) is 6.10 Å². The second-order valence-corrected chi connectivity index (χ2v) is 7.68. The van der Waals surface area contributed by atoms with Crippen LogP contribution >= 0.6 is 0 Å². The van der Waals surface area contributed by atoms with Gasteiger partial charge in [0.2, 0.25) is 11.8 Å². The first-order chi connectivity index (χ1) is 15.8. The predicted molar refractivity (Wildman–Crippen MR) is 109 cm³/mol. The zero-order valence-electron chi connectivity index (χ0n) is 17.9. The number of rotatable bonds is 7. The molecule has 0 saturated heterocycles. The highest BCUT2D eigenvalue weighted by atomic mass is 19.4. The van der Waals surface area contributed by atoms with E-state index in [0.717, 1.165) is 5.56 Å². The minimum absolute atomic E-state index is 0.189. The van der Waals surface area contributed by atoms with Gasteiger partial charge in [0.15, 0.2) is 6.10 Å². The number of hydrogen-bond acceptors (Lipinski definition) is 6. The first-order valence-electron chi connectivity index (χ1n) is 10.6. The normalized spacial score (nSPS) is 21.6. The van der Waals surface area contributed by atoms with Crippen molar-refractivity contribution in [1.29, 1.82) is 0 Å². The zero-order valence-corrected chi connectivity index (χ0v) is 17.9. The van der Waals surface area contributed by atoms with E-state index in [1.54, 1.807) is 0 Å². The molecule has 180 valence electrons. The number of aryl methyl sites for hydroxylation is 2. The van der Waals surface area contributed by atoms with Crippen molar-refractivity contribution in [2.45, 2.75) is 63.0 Å². The zero-order chi connectivity index (χ0) is 24.0. The van der Waals surface area contributed by atoms with E-state index in [-0.39, 0.29) is 30.5 Å². The van der Waals surface area contributed by atoms with E-state index in [1.807, 2.05) is 0 Å². The van der Waals surface area contributed by atoms with Crippen LogP contribution in [0, 0.1) is 5.82 Å². The molecule has 1 aromatic heterocycles. The number of fused-ring (bicyclic) bond motifs is 1. The van der Waals surface area contributed by atoms with Gasteiger partial charge in [0.25, 0.3) is 5.91 Å². The Balaban J connectivity index is 0.00000149. The molecule has 1 aliphatic heterocycles. The summed E-state index contributed by atoms with van der Waals surface area (Å²) in [6.07, 6.45) is -3.75. The van der Waals surface area contributed by atoms with Gasteiger partial charge < -0.3 is 14.5 Å². The Hall–Kier alpha value is -2.95. The number of halogens is 4. The highest BCUT2D eigenvalue weighted by Crippen LogP contribution is 2.40. The van der Waals surface area contributed by atoms with Crippen LogP contribution in [0.4, 0.5) is 17.6 Å². The monoisotopic (exact) mass is 471 g/mol. The van der Waals surface area contributed by atoms with Crippen molar-refractivity contribution in [1.82, 2.24) is 15.5 Å². The van der Waals surface area contributed by atoms with Crippen molar-refractivity contribution >= 4 is 5.91 Å². The van der Waals surface area contributed by atoms with E-state index in [9.17, 15) is 22.4 Å². The molecule has 0 bridgehead atoms. The third-order valence-corrected chi connectivity index (χ3v) is 5.35. The fraction of sp³-hybridized carbons (Fsp3) is 0.500. The lowest BCUT2D eigenvalue weighted by atomic mass is 9.82. The molecule has 4 rings (SSSR count). The van der Waals surface area contributed by atoms with Crippen molar-refractivity contribution in [2.24, 2.45) is 0 Å². The Morgan fingerprint density at radius 1 is 1.24 bits per heavy atom. The summed E-state index contributed by atoms with van der Waals surface area (Å²) in [6.45, 7) is 6.37. The van der Waals surface area contributed by atoms with E-state index in [1.165, 1.54) is 18.2 Å². The molecule has 1 amide bonds. The minimum atomic E-state index is -4.63. The molecule has 1 aromatic carbocycles. The maximum Gasteiger partial charge on any atom is 0.522 e. The number of ether oxygens (including phenoxy) is 2. The molecule has 1 aliphatic carbocycles. The predicted octanol–water partition coefficient (Wildman–Crippen LogP) is 4.24.